The maximum atomic E-state index is 11.3. The zero-order chi connectivity index (χ0) is 47.7. The van der Waals surface area contributed by atoms with E-state index in [2.05, 4.69) is 72.8 Å². The van der Waals surface area contributed by atoms with Gasteiger partial charge in [-0.15, -0.1) is 0 Å². The highest BCUT2D eigenvalue weighted by Crippen LogP contribution is 2.33. The predicted molar refractivity (Wildman–Crippen MR) is 272 cm³/mol. The molecule has 0 aliphatic heterocycles. The molecule has 0 aromatic heterocycles. The maximum Gasteiger partial charge on any atom is 0.294 e. The molecule has 67 heavy (non-hydrogen) atoms. The van der Waals surface area contributed by atoms with E-state index in [-0.39, 0.29) is 14.7 Å². The van der Waals surface area contributed by atoms with Gasteiger partial charge in [0, 0.05) is 0 Å². The molecule has 9 nitrogen and oxygen atoms in total. The fourth-order valence-corrected chi connectivity index (χ4v) is 12.1. The number of rotatable bonds is 27. The van der Waals surface area contributed by atoms with Gasteiger partial charge in [0.1, 0.15) is 0 Å². The molecule has 6 aromatic carbocycles. The second-order valence-electron chi connectivity index (χ2n) is 17.4. The van der Waals surface area contributed by atoms with E-state index in [0.29, 0.717) is 0 Å². The fraction of sp³-hybridized carbons (Fsp3) is 0.333. The van der Waals surface area contributed by atoms with Crippen LogP contribution in [0.3, 0.4) is 0 Å². The molecule has 0 heterocycles. The van der Waals surface area contributed by atoms with Crippen molar-refractivity contribution in [1.29, 1.82) is 0 Å². The van der Waals surface area contributed by atoms with Gasteiger partial charge >= 0.3 is 0 Å². The van der Waals surface area contributed by atoms with Gasteiger partial charge in [0.2, 0.25) is 0 Å². The maximum absolute atomic E-state index is 11.3. The van der Waals surface area contributed by atoms with Crippen molar-refractivity contribution in [1.82, 2.24) is 0 Å². The topological polar surface area (TPSA) is 163 Å². The summed E-state index contributed by atoms with van der Waals surface area (Å²) in [5.74, 6) is 0. The van der Waals surface area contributed by atoms with Crippen molar-refractivity contribution in [2.24, 2.45) is 0 Å². The van der Waals surface area contributed by atoms with E-state index in [1.54, 1.807) is 36.4 Å². The molecule has 6 aromatic rings. The standard InChI is InChI=1S/C54H63O9PS3/c55-65(56,57)52-37-25-46(26-38-52)16-10-4-1-7-13-43-19-31-49(32-20-43)64(50-33-21-44(22-34-50)14-8-2-5-11-17-47-27-39-53(40-28-47)66(58,59)60)51-35-23-45(24-36-51)15-9-3-6-12-18-48-29-41-54(42-30-48)67(61,62)63/h19-42H,1-18H2,(H,55,56,57)(H,58,59,60)(H,61,62,63). The van der Waals surface area contributed by atoms with Crippen LogP contribution >= 0.6 is 7.92 Å². The molecule has 0 amide bonds. The Balaban J connectivity index is 1.00. The van der Waals surface area contributed by atoms with Crippen LogP contribution in [0.4, 0.5) is 0 Å². The zero-order valence-electron chi connectivity index (χ0n) is 38.0. The van der Waals surface area contributed by atoms with Crippen LogP contribution < -0.4 is 15.9 Å². The summed E-state index contributed by atoms with van der Waals surface area (Å²) in [5.41, 5.74) is 7.18. The van der Waals surface area contributed by atoms with Crippen LogP contribution in [0.5, 0.6) is 0 Å². The Labute approximate surface area is 400 Å². The first kappa shape index (κ1) is 51.9. The van der Waals surface area contributed by atoms with Crippen LogP contribution in [0.15, 0.2) is 160 Å². The van der Waals surface area contributed by atoms with Crippen molar-refractivity contribution >= 4 is 54.2 Å². The van der Waals surface area contributed by atoms with E-state index in [9.17, 15) is 38.9 Å². The Morgan fingerprint density at radius 1 is 0.254 bits per heavy atom. The third-order valence-electron chi connectivity index (χ3n) is 12.3. The summed E-state index contributed by atoms with van der Waals surface area (Å²) in [6.45, 7) is 0. The molecule has 356 valence electrons. The van der Waals surface area contributed by atoms with Crippen molar-refractivity contribution < 1.29 is 38.9 Å². The Hall–Kier alpha value is -4.52. The smallest absolute Gasteiger partial charge is 0.282 e. The third kappa shape index (κ3) is 17.2. The summed E-state index contributed by atoms with van der Waals surface area (Å²) in [4.78, 5) is -0.228. The number of benzene rings is 6. The summed E-state index contributed by atoms with van der Waals surface area (Å²) in [5, 5.41) is 3.96. The third-order valence-corrected chi connectivity index (χ3v) is 17.3. The molecular weight excluding hydrogens is 920 g/mol. The highest BCUT2D eigenvalue weighted by atomic mass is 32.2. The molecule has 0 aliphatic rings. The SMILES string of the molecule is O=S(=O)(O)c1ccc(CCCCCCc2ccc(P(c3ccc(CCCCCCc4ccc(S(=O)(=O)O)cc4)cc3)c3ccc(CCCCCCc4ccc(S(=O)(=O)O)cc4)cc3)cc2)cc1. The molecule has 3 N–H and O–H groups in total. The molecule has 0 saturated heterocycles. The summed E-state index contributed by atoms with van der Waals surface area (Å²) in [7, 11) is -13.3. The van der Waals surface area contributed by atoms with E-state index < -0.39 is 38.3 Å². The Morgan fingerprint density at radius 3 is 0.582 bits per heavy atom. The van der Waals surface area contributed by atoms with Crippen molar-refractivity contribution in [3.05, 3.63) is 179 Å². The molecule has 6 rings (SSSR count). The van der Waals surface area contributed by atoms with Crippen LogP contribution in [-0.4, -0.2) is 38.9 Å². The Kier molecular flexibility index (Phi) is 19.5. The van der Waals surface area contributed by atoms with Crippen LogP contribution in [0.2, 0.25) is 0 Å². The molecule has 0 saturated carbocycles. The highest BCUT2D eigenvalue weighted by Gasteiger charge is 2.18. The largest absolute Gasteiger partial charge is 0.294 e. The van der Waals surface area contributed by atoms with Crippen molar-refractivity contribution in [3.8, 4) is 0 Å². The van der Waals surface area contributed by atoms with Crippen LogP contribution in [-0.2, 0) is 68.9 Å². The van der Waals surface area contributed by atoms with Crippen molar-refractivity contribution in [2.75, 3.05) is 0 Å². The molecule has 0 unspecified atom stereocenters. The zero-order valence-corrected chi connectivity index (χ0v) is 41.4. The second-order valence-corrected chi connectivity index (χ2v) is 23.9. The average molecular weight is 983 g/mol. The Morgan fingerprint density at radius 2 is 0.418 bits per heavy atom. The first-order chi connectivity index (χ1) is 32.1. The van der Waals surface area contributed by atoms with Gasteiger partial charge in [-0.3, -0.25) is 13.7 Å². The quantitative estimate of drug-likeness (QED) is 0.0259. The van der Waals surface area contributed by atoms with Gasteiger partial charge in [-0.1, -0.05) is 148 Å². The summed E-state index contributed by atoms with van der Waals surface area (Å²) in [6, 6.07) is 46.9. The summed E-state index contributed by atoms with van der Waals surface area (Å²) in [6.07, 6.45) is 18.6. The minimum atomic E-state index is -4.17. The van der Waals surface area contributed by atoms with Gasteiger partial charge in [-0.05, 0) is 171 Å². The lowest BCUT2D eigenvalue weighted by Gasteiger charge is -2.20. The fourth-order valence-electron chi connectivity index (χ4n) is 8.40. The van der Waals surface area contributed by atoms with Gasteiger partial charge in [-0.25, -0.2) is 0 Å². The first-order valence-electron chi connectivity index (χ1n) is 23.4. The minimum Gasteiger partial charge on any atom is -0.282 e. The lowest BCUT2D eigenvalue weighted by atomic mass is 10.0. The van der Waals surface area contributed by atoms with Crippen molar-refractivity contribution in [2.45, 2.75) is 130 Å². The molecular formula is C54H63O9PS3. The normalized spacial score (nSPS) is 12.2. The van der Waals surface area contributed by atoms with E-state index in [0.717, 1.165) is 132 Å². The van der Waals surface area contributed by atoms with Gasteiger partial charge in [0.15, 0.2) is 0 Å². The molecule has 0 fully saturated rings. The number of unbranched alkanes of at least 4 members (excludes halogenated alkanes) is 9. The first-order valence-corrected chi connectivity index (χ1v) is 29.0. The van der Waals surface area contributed by atoms with Gasteiger partial charge in [-0.2, -0.15) is 25.3 Å². The lowest BCUT2D eigenvalue weighted by Crippen LogP contribution is -2.21. The van der Waals surface area contributed by atoms with Gasteiger partial charge < -0.3 is 0 Å². The van der Waals surface area contributed by atoms with E-state index in [1.165, 1.54) is 69.0 Å². The van der Waals surface area contributed by atoms with Crippen LogP contribution in [0.25, 0.3) is 0 Å². The molecule has 0 spiro atoms. The van der Waals surface area contributed by atoms with Gasteiger partial charge in [0.05, 0.1) is 14.7 Å². The average Bonchev–Trinajstić information content (AvgIpc) is 3.31. The predicted octanol–water partition coefficient (Wildman–Crippen LogP) is 11.2. The number of hydrogen-bond donors (Lipinski definition) is 3. The van der Waals surface area contributed by atoms with Gasteiger partial charge in [0.25, 0.3) is 30.4 Å². The summed E-state index contributed by atoms with van der Waals surface area (Å²) >= 11 is 0. The Bertz CT molecular complexity index is 2470. The lowest BCUT2D eigenvalue weighted by molar-refractivity contribution is 0.481. The molecule has 0 atom stereocenters. The highest BCUT2D eigenvalue weighted by molar-refractivity contribution is 7.86. The van der Waals surface area contributed by atoms with E-state index in [4.69, 9.17) is 0 Å². The molecule has 0 bridgehead atoms. The summed E-state index contributed by atoms with van der Waals surface area (Å²) < 4.78 is 95.6. The van der Waals surface area contributed by atoms with Crippen molar-refractivity contribution in [3.63, 3.8) is 0 Å². The van der Waals surface area contributed by atoms with E-state index >= 15 is 0 Å². The molecule has 0 aliphatic carbocycles. The number of hydrogen-bond acceptors (Lipinski definition) is 6. The number of aryl methyl sites for hydroxylation is 6. The molecule has 0 radical (unpaired) electrons. The minimum absolute atomic E-state index is 0.0759. The molecule has 13 heteroatoms. The monoisotopic (exact) mass is 982 g/mol. The van der Waals surface area contributed by atoms with Crippen LogP contribution in [0, 0.1) is 0 Å². The second kappa shape index (κ2) is 25.2. The van der Waals surface area contributed by atoms with E-state index in [1.807, 2.05) is 0 Å². The van der Waals surface area contributed by atoms with Crippen LogP contribution in [0.1, 0.15) is 110 Å².